The summed E-state index contributed by atoms with van der Waals surface area (Å²) in [5.41, 5.74) is 3.36. The molecule has 30 heavy (non-hydrogen) atoms. The third-order valence-corrected chi connectivity index (χ3v) is 5.95. The molecular weight excluding hydrogens is 425 g/mol. The highest BCUT2D eigenvalue weighted by atomic mass is 35.5. The van der Waals surface area contributed by atoms with Gasteiger partial charge in [0.1, 0.15) is 24.0 Å². The minimum atomic E-state index is -0.158. The third kappa shape index (κ3) is 3.39. The Labute approximate surface area is 183 Å². The molecule has 0 N–H and O–H groups in total. The normalized spacial score (nSPS) is 16.9. The van der Waals surface area contributed by atoms with E-state index in [0.29, 0.717) is 46.9 Å². The van der Waals surface area contributed by atoms with Crippen LogP contribution in [-0.2, 0) is 13.1 Å². The summed E-state index contributed by atoms with van der Waals surface area (Å²) >= 11 is 12.1. The van der Waals surface area contributed by atoms with E-state index >= 15 is 0 Å². The largest absolute Gasteiger partial charge is 0.477 e. The first-order valence-corrected chi connectivity index (χ1v) is 10.2. The molecule has 2 aliphatic heterocycles. The minimum absolute atomic E-state index is 0.158. The Morgan fingerprint density at radius 1 is 1.13 bits per heavy atom. The van der Waals surface area contributed by atoms with Gasteiger partial charge in [0.2, 0.25) is 5.78 Å². The summed E-state index contributed by atoms with van der Waals surface area (Å²) in [6.45, 7) is 3.64. The Bertz CT molecular complexity index is 1180. The van der Waals surface area contributed by atoms with Crippen LogP contribution in [0.4, 0.5) is 0 Å². The van der Waals surface area contributed by atoms with Crippen LogP contribution in [0, 0.1) is 6.92 Å². The number of ether oxygens (including phenoxy) is 2. The predicted octanol–water partition coefficient (Wildman–Crippen LogP) is 5.86. The molecule has 0 amide bonds. The van der Waals surface area contributed by atoms with Crippen LogP contribution in [0.3, 0.4) is 0 Å². The van der Waals surface area contributed by atoms with E-state index in [1.54, 1.807) is 30.5 Å². The molecule has 0 spiro atoms. The van der Waals surface area contributed by atoms with Crippen molar-refractivity contribution in [2.45, 2.75) is 20.0 Å². The van der Waals surface area contributed by atoms with Crippen LogP contribution in [-0.4, -0.2) is 17.4 Å². The quantitative estimate of drug-likeness (QED) is 0.476. The van der Waals surface area contributed by atoms with Crippen LogP contribution >= 0.6 is 23.2 Å². The molecule has 2 aromatic carbocycles. The van der Waals surface area contributed by atoms with E-state index < -0.39 is 0 Å². The zero-order valence-corrected chi connectivity index (χ0v) is 17.6. The van der Waals surface area contributed by atoms with Crippen molar-refractivity contribution >= 4 is 35.1 Å². The summed E-state index contributed by atoms with van der Waals surface area (Å²) in [5, 5.41) is 1.06. The summed E-state index contributed by atoms with van der Waals surface area (Å²) in [5.74, 6) is 1.98. The topological polar surface area (TPSA) is 51.9 Å². The highest BCUT2D eigenvalue weighted by Gasteiger charge is 2.33. The number of ketones is 1. The number of rotatable bonds is 3. The molecule has 0 saturated carbocycles. The number of halogens is 2. The van der Waals surface area contributed by atoms with Crippen LogP contribution in [0.15, 0.2) is 52.8 Å². The summed E-state index contributed by atoms with van der Waals surface area (Å²) in [7, 11) is 0. The van der Waals surface area contributed by atoms with E-state index in [1.807, 2.05) is 25.1 Å². The molecule has 2 aliphatic rings. The molecule has 3 aromatic rings. The maximum Gasteiger partial charge on any atom is 0.232 e. The second-order valence-corrected chi connectivity index (χ2v) is 8.15. The van der Waals surface area contributed by atoms with Gasteiger partial charge < -0.3 is 13.9 Å². The Kier molecular flexibility index (Phi) is 4.82. The van der Waals surface area contributed by atoms with E-state index in [4.69, 9.17) is 37.1 Å². The minimum Gasteiger partial charge on any atom is -0.477 e. The third-order valence-electron chi connectivity index (χ3n) is 5.21. The highest BCUT2D eigenvalue weighted by molar-refractivity contribution is 6.42. The molecule has 0 atom stereocenters. The number of carbonyl (C=O) groups excluding carboxylic acids is 1. The molecule has 0 radical (unpaired) electrons. The Balaban J connectivity index is 1.42. The summed E-state index contributed by atoms with van der Waals surface area (Å²) in [4.78, 5) is 15.0. The van der Waals surface area contributed by atoms with Gasteiger partial charge in [0.15, 0.2) is 5.76 Å². The first kappa shape index (κ1) is 19.2. The fourth-order valence-electron chi connectivity index (χ4n) is 3.80. The van der Waals surface area contributed by atoms with Crippen molar-refractivity contribution in [2.75, 3.05) is 6.73 Å². The van der Waals surface area contributed by atoms with E-state index in [-0.39, 0.29) is 11.5 Å². The number of Topliss-reactive ketones (excluding diaryl/α,β-unsaturated/α-hetero) is 1. The molecular formula is C23H17Cl2NO4. The molecule has 7 heteroatoms. The number of furan rings is 1. The lowest BCUT2D eigenvalue weighted by Gasteiger charge is -2.30. The number of nitrogens with zero attached hydrogens (tertiary/aromatic N) is 1. The maximum atomic E-state index is 12.9. The molecule has 152 valence electrons. The van der Waals surface area contributed by atoms with Crippen LogP contribution in [0.5, 0.6) is 11.5 Å². The van der Waals surface area contributed by atoms with Crippen LogP contribution in [0.1, 0.15) is 32.8 Å². The van der Waals surface area contributed by atoms with E-state index in [0.717, 1.165) is 22.4 Å². The van der Waals surface area contributed by atoms with Gasteiger partial charge in [-0.2, -0.15) is 0 Å². The van der Waals surface area contributed by atoms with E-state index in [2.05, 4.69) is 4.90 Å². The Morgan fingerprint density at radius 2 is 2.00 bits per heavy atom. The second-order valence-electron chi connectivity index (χ2n) is 7.33. The molecule has 0 bridgehead atoms. The van der Waals surface area contributed by atoms with Gasteiger partial charge in [-0.3, -0.25) is 9.69 Å². The summed E-state index contributed by atoms with van der Waals surface area (Å²) in [6, 6.07) is 11.0. The summed E-state index contributed by atoms with van der Waals surface area (Å²) in [6.07, 6.45) is 3.16. The van der Waals surface area contributed by atoms with Crippen molar-refractivity contribution in [3.8, 4) is 11.5 Å². The smallest absolute Gasteiger partial charge is 0.232 e. The lowest BCUT2D eigenvalue weighted by Crippen LogP contribution is -2.32. The molecule has 5 rings (SSSR count). The van der Waals surface area contributed by atoms with Gasteiger partial charge in [0.25, 0.3) is 0 Å². The molecule has 0 aliphatic carbocycles. The molecule has 0 saturated heterocycles. The van der Waals surface area contributed by atoms with Crippen LogP contribution in [0.2, 0.25) is 10.0 Å². The number of hydrogen-bond donors (Lipinski definition) is 0. The summed E-state index contributed by atoms with van der Waals surface area (Å²) < 4.78 is 17.2. The van der Waals surface area contributed by atoms with Crippen molar-refractivity contribution < 1.29 is 18.7 Å². The number of carbonyl (C=O) groups is 1. The second kappa shape index (κ2) is 7.51. The Hall–Kier alpha value is -2.73. The van der Waals surface area contributed by atoms with E-state index in [1.165, 1.54) is 0 Å². The van der Waals surface area contributed by atoms with Crippen molar-refractivity contribution in [1.82, 2.24) is 4.90 Å². The molecule has 0 unspecified atom stereocenters. The molecule has 3 heterocycles. The number of benzene rings is 2. The zero-order valence-electron chi connectivity index (χ0n) is 16.1. The average Bonchev–Trinajstić information content (AvgIpc) is 3.34. The standard InChI is InChI=1S/C23H17Cl2NO4/c1-13-22-15(11-26(12-29-22)10-14-4-5-18(24)19(25)7-14)8-17-21(27)20(30-23(13)17)9-16-3-2-6-28-16/h2-9H,10-12H2,1H3/b20-9-. The SMILES string of the molecule is Cc1c2c(cc3c1O/C(=C\c1ccco1)C3=O)CN(Cc1ccc(Cl)c(Cl)c1)CO2. The predicted molar refractivity (Wildman–Crippen MR) is 114 cm³/mol. The lowest BCUT2D eigenvalue weighted by molar-refractivity contribution is 0.0876. The van der Waals surface area contributed by atoms with Crippen molar-refractivity contribution in [1.29, 1.82) is 0 Å². The van der Waals surface area contributed by atoms with Gasteiger partial charge in [-0.1, -0.05) is 29.3 Å². The van der Waals surface area contributed by atoms with Gasteiger partial charge in [-0.05, 0) is 42.8 Å². The van der Waals surface area contributed by atoms with Crippen LogP contribution in [0.25, 0.3) is 6.08 Å². The van der Waals surface area contributed by atoms with Gasteiger partial charge >= 0.3 is 0 Å². The first-order chi connectivity index (χ1) is 14.5. The Morgan fingerprint density at radius 3 is 2.77 bits per heavy atom. The van der Waals surface area contributed by atoms with Gasteiger partial charge in [0, 0.05) is 30.3 Å². The number of fused-ring (bicyclic) bond motifs is 2. The maximum absolute atomic E-state index is 12.9. The lowest BCUT2D eigenvalue weighted by atomic mass is 10.00. The van der Waals surface area contributed by atoms with Crippen molar-refractivity contribution in [3.05, 3.63) is 86.5 Å². The highest BCUT2D eigenvalue weighted by Crippen LogP contribution is 2.43. The average molecular weight is 442 g/mol. The van der Waals surface area contributed by atoms with Gasteiger partial charge in [-0.15, -0.1) is 0 Å². The molecule has 1 aromatic heterocycles. The number of allylic oxidation sites excluding steroid dienone is 1. The van der Waals surface area contributed by atoms with Gasteiger partial charge in [-0.25, -0.2) is 0 Å². The van der Waals surface area contributed by atoms with Crippen molar-refractivity contribution in [2.24, 2.45) is 0 Å². The first-order valence-electron chi connectivity index (χ1n) is 9.43. The van der Waals surface area contributed by atoms with Crippen molar-refractivity contribution in [3.63, 3.8) is 0 Å². The molecule has 0 fully saturated rings. The zero-order chi connectivity index (χ0) is 20.8. The monoisotopic (exact) mass is 441 g/mol. The van der Waals surface area contributed by atoms with Crippen LogP contribution < -0.4 is 9.47 Å². The fourth-order valence-corrected chi connectivity index (χ4v) is 4.12. The van der Waals surface area contributed by atoms with Gasteiger partial charge in [0.05, 0.1) is 21.9 Å². The van der Waals surface area contributed by atoms with E-state index in [9.17, 15) is 4.79 Å². The number of hydrogen-bond acceptors (Lipinski definition) is 5. The fraction of sp³-hybridized carbons (Fsp3) is 0.174. The molecule has 5 nitrogen and oxygen atoms in total.